The molecule has 24 heavy (non-hydrogen) atoms. The molecule has 0 spiro atoms. The van der Waals surface area contributed by atoms with Crippen molar-refractivity contribution in [3.63, 3.8) is 0 Å². The maximum Gasteiger partial charge on any atom is 0.350 e. The minimum absolute atomic E-state index is 0.0342. The van der Waals surface area contributed by atoms with E-state index in [0.717, 1.165) is 18.9 Å². The molecule has 1 saturated carbocycles. The van der Waals surface area contributed by atoms with Crippen LogP contribution in [0.1, 0.15) is 18.9 Å². The first-order valence-electron chi connectivity index (χ1n) is 7.77. The van der Waals surface area contributed by atoms with Crippen molar-refractivity contribution >= 4 is 16.6 Å². The zero-order valence-corrected chi connectivity index (χ0v) is 13.2. The van der Waals surface area contributed by atoms with Crippen LogP contribution in [0.25, 0.3) is 10.9 Å². The summed E-state index contributed by atoms with van der Waals surface area (Å²) in [6, 6.07) is 1.04. The third-order valence-corrected chi connectivity index (χ3v) is 4.63. The number of rotatable bonds is 3. The van der Waals surface area contributed by atoms with Crippen LogP contribution in [0.2, 0.25) is 0 Å². The molecule has 1 aliphatic carbocycles. The molecule has 4 N–H and O–H groups in total. The maximum atomic E-state index is 14.7. The summed E-state index contributed by atoms with van der Waals surface area (Å²) < 4.78 is 22.1. The van der Waals surface area contributed by atoms with Crippen molar-refractivity contribution in [3.05, 3.63) is 32.7 Å². The first-order valence-corrected chi connectivity index (χ1v) is 7.77. The van der Waals surface area contributed by atoms with Gasteiger partial charge < -0.3 is 21.2 Å². The summed E-state index contributed by atoms with van der Waals surface area (Å²) in [4.78, 5) is 26.6. The number of ether oxygens (including phenoxy) is 1. The molecule has 1 aromatic carbocycles. The Labute approximate surface area is 136 Å². The van der Waals surface area contributed by atoms with Crippen molar-refractivity contribution in [3.8, 4) is 5.75 Å². The number of nitrogens with zero attached hydrogens (tertiary/aromatic N) is 3. The lowest BCUT2D eigenvalue weighted by atomic mass is 10.1. The Balaban J connectivity index is 2.12. The van der Waals surface area contributed by atoms with E-state index in [1.54, 1.807) is 4.90 Å². The first-order chi connectivity index (χ1) is 11.4. The molecule has 0 radical (unpaired) electrons. The standard InChI is InChI=1S/C15H18FN5O3/c1-24-13-11-9(4-10(16)12(13)19-5-7(17)6-19)14(22)21(18)15(23)20(11)8-2-3-8/h4,7-8H,2-3,5-6,17-18H2,1H3. The van der Waals surface area contributed by atoms with E-state index in [1.165, 1.54) is 11.7 Å². The van der Waals surface area contributed by atoms with Crippen LogP contribution in [0.3, 0.4) is 0 Å². The summed E-state index contributed by atoms with van der Waals surface area (Å²) in [5, 5.41) is 0.0342. The number of aromatic nitrogens is 2. The Morgan fingerprint density at radius 3 is 2.50 bits per heavy atom. The molecule has 1 aliphatic heterocycles. The molecule has 2 heterocycles. The fraction of sp³-hybridized carbons (Fsp3) is 0.467. The lowest BCUT2D eigenvalue weighted by Gasteiger charge is -2.39. The molecular weight excluding hydrogens is 317 g/mol. The van der Waals surface area contributed by atoms with E-state index in [4.69, 9.17) is 16.3 Å². The van der Waals surface area contributed by atoms with Gasteiger partial charge in [-0.05, 0) is 18.9 Å². The van der Waals surface area contributed by atoms with Gasteiger partial charge in [0.25, 0.3) is 5.56 Å². The van der Waals surface area contributed by atoms with Crippen molar-refractivity contribution in [2.45, 2.75) is 24.9 Å². The van der Waals surface area contributed by atoms with Gasteiger partial charge in [-0.3, -0.25) is 9.36 Å². The van der Waals surface area contributed by atoms with E-state index < -0.39 is 17.1 Å². The smallest absolute Gasteiger partial charge is 0.350 e. The van der Waals surface area contributed by atoms with E-state index in [-0.39, 0.29) is 28.9 Å². The number of methoxy groups -OCH3 is 1. The van der Waals surface area contributed by atoms with E-state index in [9.17, 15) is 14.0 Å². The summed E-state index contributed by atoms with van der Waals surface area (Å²) in [7, 11) is 1.40. The second kappa shape index (κ2) is 4.97. The van der Waals surface area contributed by atoms with Gasteiger partial charge in [0.05, 0.1) is 12.5 Å². The van der Waals surface area contributed by atoms with E-state index in [1.807, 2.05) is 0 Å². The Morgan fingerprint density at radius 2 is 1.96 bits per heavy atom. The minimum Gasteiger partial charge on any atom is -0.492 e. The number of fused-ring (bicyclic) bond motifs is 1. The van der Waals surface area contributed by atoms with Crippen LogP contribution >= 0.6 is 0 Å². The molecule has 2 aromatic rings. The van der Waals surface area contributed by atoms with Crippen LogP contribution in [0.4, 0.5) is 10.1 Å². The molecule has 0 amide bonds. The van der Waals surface area contributed by atoms with Crippen LogP contribution in [0, 0.1) is 5.82 Å². The van der Waals surface area contributed by atoms with Gasteiger partial charge in [-0.15, -0.1) is 0 Å². The number of nitrogens with two attached hydrogens (primary N) is 2. The fourth-order valence-electron chi connectivity index (χ4n) is 3.29. The third-order valence-electron chi connectivity index (χ3n) is 4.63. The maximum absolute atomic E-state index is 14.7. The molecule has 1 aromatic heterocycles. The molecular formula is C15H18FN5O3. The molecule has 9 heteroatoms. The van der Waals surface area contributed by atoms with Crippen molar-refractivity contribution in [2.75, 3.05) is 30.9 Å². The number of hydrogen-bond acceptors (Lipinski definition) is 6. The molecule has 0 atom stereocenters. The van der Waals surface area contributed by atoms with Gasteiger partial charge in [-0.2, -0.15) is 4.68 Å². The zero-order chi connectivity index (χ0) is 17.2. The second-order valence-electron chi connectivity index (χ2n) is 6.36. The van der Waals surface area contributed by atoms with Crippen molar-refractivity contribution in [1.29, 1.82) is 0 Å². The molecule has 1 saturated heterocycles. The van der Waals surface area contributed by atoms with Crippen molar-refractivity contribution in [1.82, 2.24) is 9.24 Å². The molecule has 2 aliphatic rings. The van der Waals surface area contributed by atoms with Crippen LogP contribution in [-0.2, 0) is 0 Å². The van der Waals surface area contributed by atoms with Gasteiger partial charge in [0.1, 0.15) is 11.2 Å². The summed E-state index contributed by atoms with van der Waals surface area (Å²) in [5.74, 6) is 5.18. The zero-order valence-electron chi connectivity index (χ0n) is 13.2. The van der Waals surface area contributed by atoms with Crippen LogP contribution in [0.15, 0.2) is 15.7 Å². The quantitative estimate of drug-likeness (QED) is 0.733. The van der Waals surface area contributed by atoms with E-state index in [2.05, 4.69) is 0 Å². The number of halogens is 1. The molecule has 128 valence electrons. The topological polar surface area (TPSA) is 109 Å². The van der Waals surface area contributed by atoms with Gasteiger partial charge in [0, 0.05) is 25.2 Å². The van der Waals surface area contributed by atoms with Crippen LogP contribution in [-0.4, -0.2) is 35.5 Å². The molecule has 0 bridgehead atoms. The number of anilines is 1. The molecule has 4 rings (SSSR count). The lowest BCUT2D eigenvalue weighted by Crippen LogP contribution is -2.56. The highest BCUT2D eigenvalue weighted by Crippen LogP contribution is 2.43. The Morgan fingerprint density at radius 1 is 1.29 bits per heavy atom. The molecule has 8 nitrogen and oxygen atoms in total. The largest absolute Gasteiger partial charge is 0.492 e. The predicted octanol–water partition coefficient (Wildman–Crippen LogP) is -0.493. The van der Waals surface area contributed by atoms with Crippen molar-refractivity contribution < 1.29 is 9.13 Å². The number of nitrogen functional groups attached to an aromatic ring is 1. The lowest BCUT2D eigenvalue weighted by molar-refractivity contribution is 0.405. The highest BCUT2D eigenvalue weighted by molar-refractivity contribution is 5.91. The monoisotopic (exact) mass is 335 g/mol. The van der Waals surface area contributed by atoms with Gasteiger partial charge >= 0.3 is 5.69 Å². The first kappa shape index (κ1) is 15.0. The second-order valence-corrected chi connectivity index (χ2v) is 6.36. The Bertz CT molecular complexity index is 956. The van der Waals surface area contributed by atoms with E-state index >= 15 is 0 Å². The predicted molar refractivity (Wildman–Crippen MR) is 87.6 cm³/mol. The van der Waals surface area contributed by atoms with E-state index in [0.29, 0.717) is 23.3 Å². The summed E-state index contributed by atoms with van der Waals surface area (Å²) >= 11 is 0. The van der Waals surface area contributed by atoms with Crippen molar-refractivity contribution in [2.24, 2.45) is 5.73 Å². The van der Waals surface area contributed by atoms with Crippen LogP contribution < -0.4 is 32.5 Å². The summed E-state index contributed by atoms with van der Waals surface area (Å²) in [6.07, 6.45) is 1.61. The highest BCUT2D eigenvalue weighted by Gasteiger charge is 2.34. The Kier molecular flexibility index (Phi) is 3.11. The van der Waals surface area contributed by atoms with Gasteiger partial charge in [-0.25, -0.2) is 9.18 Å². The van der Waals surface area contributed by atoms with Gasteiger partial charge in [0.2, 0.25) is 0 Å². The van der Waals surface area contributed by atoms with Crippen LogP contribution in [0.5, 0.6) is 5.75 Å². The molecule has 2 fully saturated rings. The normalized spacial score (nSPS) is 18.0. The fourth-order valence-corrected chi connectivity index (χ4v) is 3.29. The number of benzene rings is 1. The molecule has 0 unspecified atom stereocenters. The SMILES string of the molecule is COc1c(N2CC(N)C2)c(F)cc2c(=O)n(N)c(=O)n(C3CC3)c12. The van der Waals surface area contributed by atoms with Gasteiger partial charge in [-0.1, -0.05) is 0 Å². The third kappa shape index (κ3) is 1.94. The summed E-state index contributed by atoms with van der Waals surface area (Å²) in [5.41, 5.74) is 4.96. The Hall–Kier alpha value is -2.55. The minimum atomic E-state index is -0.740. The average molecular weight is 335 g/mol. The average Bonchev–Trinajstić information content (AvgIpc) is 3.35. The summed E-state index contributed by atoms with van der Waals surface area (Å²) in [6.45, 7) is 0.973. The number of hydrogen-bond donors (Lipinski definition) is 2. The highest BCUT2D eigenvalue weighted by atomic mass is 19.1. The van der Waals surface area contributed by atoms with Gasteiger partial charge in [0.15, 0.2) is 11.6 Å².